The van der Waals surface area contributed by atoms with Gasteiger partial charge < -0.3 is 10.2 Å². The van der Waals surface area contributed by atoms with Crippen LogP contribution in [0.4, 0.5) is 0 Å². The first-order chi connectivity index (χ1) is 13.0. The maximum Gasteiger partial charge on any atom is 0.252 e. The lowest BCUT2D eigenvalue weighted by Crippen LogP contribution is -2.43. The van der Waals surface area contributed by atoms with E-state index in [4.69, 9.17) is 0 Å². The summed E-state index contributed by atoms with van der Waals surface area (Å²) < 4.78 is 27.0. The summed E-state index contributed by atoms with van der Waals surface area (Å²) in [7, 11) is -3.39. The third-order valence-corrected chi connectivity index (χ3v) is 8.88. The number of piperidine rings is 2. The Hall–Kier alpha value is -0.960. The molecule has 152 valence electrons. The molecule has 2 aliphatic heterocycles. The molecule has 0 radical (unpaired) electrons. The molecule has 1 N–H and O–H groups in total. The zero-order chi connectivity index (χ0) is 19.3. The number of carbonyl (C=O) groups is 1. The largest absolute Gasteiger partial charge is 0.356 e. The summed E-state index contributed by atoms with van der Waals surface area (Å²) in [5, 5.41) is 4.83. The topological polar surface area (TPSA) is 69.7 Å². The fourth-order valence-corrected chi connectivity index (χ4v) is 6.66. The molecular formula is C19H31N3O3S2. The van der Waals surface area contributed by atoms with Gasteiger partial charge in [0.1, 0.15) is 4.21 Å². The van der Waals surface area contributed by atoms with Crippen molar-refractivity contribution in [2.75, 3.05) is 39.3 Å². The van der Waals surface area contributed by atoms with Crippen LogP contribution in [0.1, 0.15) is 39.0 Å². The quantitative estimate of drug-likeness (QED) is 0.697. The second kappa shape index (κ2) is 9.49. The van der Waals surface area contributed by atoms with Gasteiger partial charge in [0.25, 0.3) is 10.0 Å². The summed E-state index contributed by atoms with van der Waals surface area (Å²) in [6, 6.07) is 3.39. The van der Waals surface area contributed by atoms with Gasteiger partial charge in [-0.3, -0.25) is 4.79 Å². The van der Waals surface area contributed by atoms with Crippen LogP contribution in [0.3, 0.4) is 0 Å². The van der Waals surface area contributed by atoms with E-state index in [1.807, 2.05) is 0 Å². The van der Waals surface area contributed by atoms with Gasteiger partial charge in [0, 0.05) is 32.1 Å². The fraction of sp³-hybridized carbons (Fsp3) is 0.737. The van der Waals surface area contributed by atoms with Gasteiger partial charge in [-0.25, -0.2) is 8.42 Å². The number of hydrogen-bond acceptors (Lipinski definition) is 5. The molecule has 0 unspecified atom stereocenters. The van der Waals surface area contributed by atoms with E-state index >= 15 is 0 Å². The molecule has 2 aliphatic rings. The highest BCUT2D eigenvalue weighted by Gasteiger charge is 2.32. The normalized spacial score (nSPS) is 23.4. The van der Waals surface area contributed by atoms with Crippen LogP contribution in [0.25, 0.3) is 0 Å². The monoisotopic (exact) mass is 413 g/mol. The van der Waals surface area contributed by atoms with Gasteiger partial charge in [-0.15, -0.1) is 11.3 Å². The lowest BCUT2D eigenvalue weighted by Gasteiger charge is -2.31. The predicted octanol–water partition coefficient (Wildman–Crippen LogP) is 2.39. The van der Waals surface area contributed by atoms with Crippen LogP contribution in [0.5, 0.6) is 0 Å². The molecule has 1 aromatic heterocycles. The Kier molecular flexibility index (Phi) is 7.30. The van der Waals surface area contributed by atoms with Crippen molar-refractivity contribution in [3.05, 3.63) is 17.5 Å². The molecule has 0 spiro atoms. The lowest BCUT2D eigenvalue weighted by molar-refractivity contribution is -0.126. The number of likely N-dealkylation sites (tertiary alicyclic amines) is 1. The van der Waals surface area contributed by atoms with Crippen LogP contribution in [-0.4, -0.2) is 62.8 Å². The Morgan fingerprint density at radius 3 is 2.70 bits per heavy atom. The maximum atomic E-state index is 12.5. The number of nitrogens with one attached hydrogen (secondary N) is 1. The van der Waals surface area contributed by atoms with E-state index in [-0.39, 0.29) is 11.8 Å². The van der Waals surface area contributed by atoms with Crippen molar-refractivity contribution in [3.8, 4) is 0 Å². The van der Waals surface area contributed by atoms with Crippen molar-refractivity contribution < 1.29 is 13.2 Å². The maximum absolute atomic E-state index is 12.5. The van der Waals surface area contributed by atoms with E-state index in [0.29, 0.717) is 36.7 Å². The van der Waals surface area contributed by atoms with Crippen molar-refractivity contribution in [1.29, 1.82) is 0 Å². The molecule has 0 aliphatic carbocycles. The van der Waals surface area contributed by atoms with Gasteiger partial charge in [0.05, 0.1) is 0 Å². The molecule has 3 rings (SSSR count). The summed E-state index contributed by atoms with van der Waals surface area (Å²) >= 11 is 1.24. The molecule has 1 amide bonds. The Bertz CT molecular complexity index is 698. The van der Waals surface area contributed by atoms with Crippen molar-refractivity contribution >= 4 is 27.3 Å². The minimum atomic E-state index is -3.39. The van der Waals surface area contributed by atoms with Gasteiger partial charge in [0.2, 0.25) is 5.91 Å². The average molecular weight is 414 g/mol. The highest BCUT2D eigenvalue weighted by Crippen LogP contribution is 2.26. The van der Waals surface area contributed by atoms with Gasteiger partial charge in [0.15, 0.2) is 0 Å². The number of amides is 1. The van der Waals surface area contributed by atoms with Crippen LogP contribution in [0.2, 0.25) is 0 Å². The van der Waals surface area contributed by atoms with Crippen molar-refractivity contribution in [2.24, 2.45) is 11.8 Å². The molecule has 0 saturated carbocycles. The van der Waals surface area contributed by atoms with E-state index in [2.05, 4.69) is 17.1 Å². The summed E-state index contributed by atoms with van der Waals surface area (Å²) in [5.41, 5.74) is 0. The molecule has 1 aromatic rings. The summed E-state index contributed by atoms with van der Waals surface area (Å²) in [4.78, 5) is 14.9. The van der Waals surface area contributed by atoms with Crippen LogP contribution >= 0.6 is 11.3 Å². The second-order valence-electron chi connectivity index (χ2n) is 7.80. The first kappa shape index (κ1) is 20.8. The van der Waals surface area contributed by atoms with Gasteiger partial charge >= 0.3 is 0 Å². The van der Waals surface area contributed by atoms with E-state index in [1.165, 1.54) is 41.6 Å². The minimum absolute atomic E-state index is 0.0743. The number of thiophene rings is 1. The molecule has 6 nitrogen and oxygen atoms in total. The average Bonchev–Trinajstić information content (AvgIpc) is 3.21. The van der Waals surface area contributed by atoms with Crippen molar-refractivity contribution in [1.82, 2.24) is 14.5 Å². The molecule has 2 saturated heterocycles. The SMILES string of the molecule is C[C@H]1CCCN(CCCNC(=O)C2CCN(S(=O)(=O)c3cccs3)CC2)C1. The molecule has 1 atom stereocenters. The van der Waals surface area contributed by atoms with Gasteiger partial charge in [-0.1, -0.05) is 13.0 Å². The Balaban J connectivity index is 1.36. The standard InChI is InChI=1S/C19H31N3O3S2/c1-16-5-2-10-21(15-16)11-4-9-20-19(23)17-7-12-22(13-8-17)27(24,25)18-6-3-14-26-18/h3,6,14,16-17H,2,4-5,7-13,15H2,1H3,(H,20,23)/t16-/m0/s1. The molecule has 2 fully saturated rings. The van der Waals surface area contributed by atoms with Crippen LogP contribution in [0, 0.1) is 11.8 Å². The van der Waals surface area contributed by atoms with E-state index in [0.717, 1.165) is 18.9 Å². The van der Waals surface area contributed by atoms with Crippen molar-refractivity contribution in [2.45, 2.75) is 43.2 Å². The van der Waals surface area contributed by atoms with E-state index in [9.17, 15) is 13.2 Å². The summed E-state index contributed by atoms with van der Waals surface area (Å²) in [5.74, 6) is 0.786. The molecule has 3 heterocycles. The second-order valence-corrected chi connectivity index (χ2v) is 10.9. The number of carbonyl (C=O) groups excluding carboxylic acids is 1. The first-order valence-electron chi connectivity index (χ1n) is 10.0. The number of rotatable bonds is 7. The zero-order valence-electron chi connectivity index (χ0n) is 16.1. The minimum Gasteiger partial charge on any atom is -0.356 e. The number of hydrogen-bond donors (Lipinski definition) is 1. The first-order valence-corrected chi connectivity index (χ1v) is 12.3. The molecule has 0 aromatic carbocycles. The summed E-state index contributed by atoms with van der Waals surface area (Å²) in [6.07, 6.45) is 4.78. The van der Waals surface area contributed by atoms with Crippen LogP contribution in [-0.2, 0) is 14.8 Å². The Morgan fingerprint density at radius 2 is 2.04 bits per heavy atom. The summed E-state index contributed by atoms with van der Waals surface area (Å²) in [6.45, 7) is 7.24. The molecule has 8 heteroatoms. The zero-order valence-corrected chi connectivity index (χ0v) is 17.7. The van der Waals surface area contributed by atoms with Gasteiger partial charge in [-0.05, 0) is 62.6 Å². The highest BCUT2D eigenvalue weighted by molar-refractivity contribution is 7.91. The third kappa shape index (κ3) is 5.53. The van der Waals surface area contributed by atoms with Gasteiger partial charge in [-0.2, -0.15) is 4.31 Å². The lowest BCUT2D eigenvalue weighted by atomic mass is 9.97. The van der Waals surface area contributed by atoms with Crippen LogP contribution in [0.15, 0.2) is 21.7 Å². The number of nitrogens with zero attached hydrogens (tertiary/aromatic N) is 2. The molecular weight excluding hydrogens is 382 g/mol. The predicted molar refractivity (Wildman–Crippen MR) is 108 cm³/mol. The Labute approximate surface area is 167 Å². The van der Waals surface area contributed by atoms with Crippen LogP contribution < -0.4 is 5.32 Å². The van der Waals surface area contributed by atoms with E-state index < -0.39 is 10.0 Å². The molecule has 27 heavy (non-hydrogen) atoms. The molecule has 0 bridgehead atoms. The van der Waals surface area contributed by atoms with E-state index in [1.54, 1.807) is 17.5 Å². The fourth-order valence-electron chi connectivity index (χ4n) is 4.04. The number of sulfonamides is 1. The third-order valence-electron chi connectivity index (χ3n) is 5.61. The smallest absolute Gasteiger partial charge is 0.252 e. The Morgan fingerprint density at radius 1 is 1.26 bits per heavy atom. The van der Waals surface area contributed by atoms with Crippen molar-refractivity contribution in [3.63, 3.8) is 0 Å². The highest BCUT2D eigenvalue weighted by atomic mass is 32.2.